The van der Waals surface area contributed by atoms with Gasteiger partial charge in [-0.1, -0.05) is 19.1 Å². The Morgan fingerprint density at radius 2 is 1.93 bits per heavy atom. The van der Waals surface area contributed by atoms with E-state index in [2.05, 4.69) is 21.1 Å². The van der Waals surface area contributed by atoms with Crippen LogP contribution in [0.3, 0.4) is 0 Å². The third-order valence-electron chi connectivity index (χ3n) is 4.58. The van der Waals surface area contributed by atoms with Crippen LogP contribution >= 0.6 is 0 Å². The molecule has 3 rings (SSSR count). The Kier molecular flexibility index (Phi) is 5.12. The number of rotatable bonds is 4. The minimum absolute atomic E-state index is 0.0137. The predicted molar refractivity (Wildman–Crippen MR) is 105 cm³/mol. The van der Waals surface area contributed by atoms with Gasteiger partial charge in [-0.3, -0.25) is 10.2 Å². The summed E-state index contributed by atoms with van der Waals surface area (Å²) >= 11 is 0. The van der Waals surface area contributed by atoms with E-state index in [0.717, 1.165) is 17.0 Å². The standard InChI is InChI=1S/C20H22N4O3/c1-11-10-18(26)23-24-19(11)14-4-6-15(7-5-14)22-21-13(3)16-8-9-17(25)12(2)20(16)27/h4-9,11,22,25,27H,10H2,1-3H3,(H,23,26)/b21-13+. The molecule has 0 aliphatic carbocycles. The van der Waals surface area contributed by atoms with E-state index in [9.17, 15) is 15.0 Å². The number of phenols is 2. The van der Waals surface area contributed by atoms with Crippen LogP contribution in [0.4, 0.5) is 5.69 Å². The second kappa shape index (κ2) is 7.49. The van der Waals surface area contributed by atoms with Gasteiger partial charge in [-0.2, -0.15) is 10.2 Å². The Balaban J connectivity index is 1.74. The van der Waals surface area contributed by atoms with Crippen molar-refractivity contribution in [3.05, 3.63) is 53.1 Å². The third kappa shape index (κ3) is 3.92. The first-order chi connectivity index (χ1) is 12.9. The molecule has 140 valence electrons. The zero-order valence-corrected chi connectivity index (χ0v) is 15.4. The lowest BCUT2D eigenvalue weighted by molar-refractivity contribution is -0.121. The summed E-state index contributed by atoms with van der Waals surface area (Å²) in [4.78, 5) is 11.4. The van der Waals surface area contributed by atoms with Gasteiger partial charge in [0.15, 0.2) is 0 Å². The molecule has 27 heavy (non-hydrogen) atoms. The number of nitrogens with one attached hydrogen (secondary N) is 2. The molecule has 7 heteroatoms. The number of anilines is 1. The van der Waals surface area contributed by atoms with Gasteiger partial charge in [0.05, 0.1) is 17.1 Å². The van der Waals surface area contributed by atoms with Crippen LogP contribution in [0, 0.1) is 12.8 Å². The van der Waals surface area contributed by atoms with E-state index >= 15 is 0 Å². The molecule has 0 bridgehead atoms. The molecule has 1 amide bonds. The van der Waals surface area contributed by atoms with E-state index in [-0.39, 0.29) is 23.3 Å². The van der Waals surface area contributed by atoms with Gasteiger partial charge in [-0.15, -0.1) is 0 Å². The van der Waals surface area contributed by atoms with Crippen LogP contribution in [-0.2, 0) is 4.79 Å². The summed E-state index contributed by atoms with van der Waals surface area (Å²) in [6, 6.07) is 10.7. The summed E-state index contributed by atoms with van der Waals surface area (Å²) < 4.78 is 0. The highest BCUT2D eigenvalue weighted by Crippen LogP contribution is 2.29. The number of hydrogen-bond donors (Lipinski definition) is 4. The number of carbonyl (C=O) groups excluding carboxylic acids is 1. The minimum Gasteiger partial charge on any atom is -0.508 e. The number of nitrogens with zero attached hydrogens (tertiary/aromatic N) is 2. The van der Waals surface area contributed by atoms with Crippen LogP contribution in [0.2, 0.25) is 0 Å². The van der Waals surface area contributed by atoms with Crippen molar-refractivity contribution in [1.82, 2.24) is 5.43 Å². The third-order valence-corrected chi connectivity index (χ3v) is 4.58. The molecule has 1 aliphatic rings. The summed E-state index contributed by atoms with van der Waals surface area (Å²) in [7, 11) is 0. The van der Waals surface area contributed by atoms with Crippen LogP contribution in [0.15, 0.2) is 46.6 Å². The summed E-state index contributed by atoms with van der Waals surface area (Å²) in [6.45, 7) is 5.39. The monoisotopic (exact) mass is 366 g/mol. The van der Waals surface area contributed by atoms with Crippen LogP contribution in [0.25, 0.3) is 0 Å². The number of carbonyl (C=O) groups is 1. The first-order valence-corrected chi connectivity index (χ1v) is 8.66. The van der Waals surface area contributed by atoms with Crippen LogP contribution < -0.4 is 10.9 Å². The second-order valence-electron chi connectivity index (χ2n) is 6.63. The highest BCUT2D eigenvalue weighted by atomic mass is 16.3. The molecular weight excluding hydrogens is 344 g/mol. The second-order valence-corrected chi connectivity index (χ2v) is 6.63. The van der Waals surface area contributed by atoms with Gasteiger partial charge in [-0.25, -0.2) is 5.43 Å². The summed E-state index contributed by atoms with van der Waals surface area (Å²) in [5, 5.41) is 28.2. The highest BCUT2D eigenvalue weighted by molar-refractivity contribution is 6.06. The first-order valence-electron chi connectivity index (χ1n) is 8.66. The van der Waals surface area contributed by atoms with Gasteiger partial charge in [0.25, 0.3) is 0 Å². The lowest BCUT2D eigenvalue weighted by Crippen LogP contribution is -2.31. The van der Waals surface area contributed by atoms with Gasteiger partial charge >= 0.3 is 0 Å². The van der Waals surface area contributed by atoms with E-state index in [4.69, 9.17) is 0 Å². The van der Waals surface area contributed by atoms with Gasteiger partial charge in [0.2, 0.25) is 5.91 Å². The van der Waals surface area contributed by atoms with Gasteiger partial charge < -0.3 is 10.2 Å². The quantitative estimate of drug-likeness (QED) is 0.493. The summed E-state index contributed by atoms with van der Waals surface area (Å²) in [6.07, 6.45) is 0.428. The summed E-state index contributed by atoms with van der Waals surface area (Å²) in [5.74, 6) is 0.0593. The van der Waals surface area contributed by atoms with Crippen molar-refractivity contribution in [3.63, 3.8) is 0 Å². The fourth-order valence-corrected chi connectivity index (χ4v) is 2.91. The molecule has 2 aromatic rings. The molecule has 0 saturated carbocycles. The molecule has 7 nitrogen and oxygen atoms in total. The largest absolute Gasteiger partial charge is 0.508 e. The number of hydrazone groups is 2. The molecule has 0 saturated heterocycles. The van der Waals surface area contributed by atoms with E-state index < -0.39 is 0 Å². The van der Waals surface area contributed by atoms with Crippen molar-refractivity contribution < 1.29 is 15.0 Å². The maximum Gasteiger partial charge on any atom is 0.240 e. The molecule has 4 N–H and O–H groups in total. The Hall–Kier alpha value is -3.35. The lowest BCUT2D eigenvalue weighted by Gasteiger charge is -2.19. The Morgan fingerprint density at radius 3 is 2.59 bits per heavy atom. The Bertz CT molecular complexity index is 933. The van der Waals surface area contributed by atoms with Crippen molar-refractivity contribution in [1.29, 1.82) is 0 Å². The zero-order valence-electron chi connectivity index (χ0n) is 15.4. The van der Waals surface area contributed by atoms with E-state index in [1.165, 1.54) is 6.07 Å². The normalized spacial score (nSPS) is 17.3. The van der Waals surface area contributed by atoms with Gasteiger partial charge in [-0.05, 0) is 43.7 Å². The molecule has 0 aromatic heterocycles. The molecule has 0 spiro atoms. The van der Waals surface area contributed by atoms with Gasteiger partial charge in [0.1, 0.15) is 11.5 Å². The average Bonchev–Trinajstić information content (AvgIpc) is 2.65. The number of amides is 1. The molecule has 1 heterocycles. The Labute approximate surface area is 157 Å². The average molecular weight is 366 g/mol. The highest BCUT2D eigenvalue weighted by Gasteiger charge is 2.21. The molecule has 0 radical (unpaired) electrons. The van der Waals surface area contributed by atoms with Crippen molar-refractivity contribution >= 4 is 23.0 Å². The minimum atomic E-state index is -0.0675. The topological polar surface area (TPSA) is 106 Å². The first kappa shape index (κ1) is 18.4. The van der Waals surface area contributed by atoms with Crippen LogP contribution in [0.1, 0.15) is 37.0 Å². The van der Waals surface area contributed by atoms with E-state index in [1.54, 1.807) is 19.9 Å². The van der Waals surface area contributed by atoms with Crippen molar-refractivity contribution in [3.8, 4) is 11.5 Å². The molecule has 1 atom stereocenters. The van der Waals surface area contributed by atoms with Crippen LogP contribution in [0.5, 0.6) is 11.5 Å². The molecule has 1 unspecified atom stereocenters. The van der Waals surface area contributed by atoms with E-state index in [1.807, 2.05) is 31.2 Å². The van der Waals surface area contributed by atoms with Crippen molar-refractivity contribution in [2.75, 3.05) is 5.43 Å². The molecule has 0 fully saturated rings. The van der Waals surface area contributed by atoms with Crippen LogP contribution in [-0.4, -0.2) is 27.5 Å². The molecule has 1 aliphatic heterocycles. The number of phenolic OH excluding ortho intramolecular Hbond substituents is 2. The van der Waals surface area contributed by atoms with Gasteiger partial charge in [0, 0.05) is 23.5 Å². The van der Waals surface area contributed by atoms with E-state index in [0.29, 0.717) is 23.3 Å². The molecule has 2 aromatic carbocycles. The maximum atomic E-state index is 11.4. The Morgan fingerprint density at radius 1 is 1.22 bits per heavy atom. The maximum absolute atomic E-state index is 11.4. The number of hydrogen-bond acceptors (Lipinski definition) is 6. The number of aromatic hydroxyl groups is 2. The van der Waals surface area contributed by atoms with Crippen molar-refractivity contribution in [2.45, 2.75) is 27.2 Å². The predicted octanol–water partition coefficient (Wildman–Crippen LogP) is 3.10. The fourth-order valence-electron chi connectivity index (χ4n) is 2.91. The van der Waals surface area contributed by atoms with Crippen molar-refractivity contribution in [2.24, 2.45) is 16.1 Å². The fraction of sp³-hybridized carbons (Fsp3) is 0.250. The smallest absolute Gasteiger partial charge is 0.240 e. The lowest BCUT2D eigenvalue weighted by atomic mass is 9.94. The summed E-state index contributed by atoms with van der Waals surface area (Å²) in [5.41, 5.74) is 9.61. The molecular formula is C20H22N4O3. The SMILES string of the molecule is C/C(=N\Nc1ccc(C2=NNC(=O)CC2C)cc1)c1ccc(O)c(C)c1O. The number of benzene rings is 2. The zero-order chi connectivity index (χ0) is 19.6.